The summed E-state index contributed by atoms with van der Waals surface area (Å²) in [5.41, 5.74) is 0. The Labute approximate surface area is 184 Å². The summed E-state index contributed by atoms with van der Waals surface area (Å²) < 4.78 is 33.8. The van der Waals surface area contributed by atoms with Crippen LogP contribution in [0, 0.1) is 0 Å². The number of hydrogen-bond donors (Lipinski definition) is 1. The van der Waals surface area contributed by atoms with Crippen LogP contribution >= 0.6 is 7.82 Å². The largest absolute Gasteiger partial charge is 0.472 e. The van der Waals surface area contributed by atoms with E-state index < -0.39 is 7.82 Å². The minimum atomic E-state index is -4.00. The number of phosphoric ester groups is 1. The Bertz CT molecular complexity index is 445. The van der Waals surface area contributed by atoms with Gasteiger partial charge in [-0.05, 0) is 25.7 Å². The van der Waals surface area contributed by atoms with E-state index in [2.05, 4.69) is 14.0 Å². The molecular formula is C22H47NO6P+. The fraction of sp³-hybridized carbons (Fsp3) is 1.00. The van der Waals surface area contributed by atoms with Gasteiger partial charge in [-0.1, -0.05) is 51.9 Å². The second-order valence-electron chi connectivity index (χ2n) is 8.69. The summed E-state index contributed by atoms with van der Waals surface area (Å²) in [5, 5.41) is 0. The first-order valence-corrected chi connectivity index (χ1v) is 13.6. The highest BCUT2D eigenvalue weighted by Gasteiger charge is 2.27. The quantitative estimate of drug-likeness (QED) is 0.160. The van der Waals surface area contributed by atoms with Crippen LogP contribution in [0.15, 0.2) is 0 Å². The van der Waals surface area contributed by atoms with Crippen molar-refractivity contribution < 1.29 is 32.5 Å². The highest BCUT2D eigenvalue weighted by atomic mass is 31.2. The number of ether oxygens (including phenoxy) is 2. The van der Waals surface area contributed by atoms with Crippen LogP contribution in [-0.4, -0.2) is 75.7 Å². The maximum absolute atomic E-state index is 11.9. The van der Waals surface area contributed by atoms with Crippen molar-refractivity contribution in [2.45, 2.75) is 77.6 Å². The highest BCUT2D eigenvalue weighted by molar-refractivity contribution is 7.47. The van der Waals surface area contributed by atoms with Gasteiger partial charge in [-0.2, -0.15) is 0 Å². The Morgan fingerprint density at radius 3 is 1.93 bits per heavy atom. The number of likely N-dealkylation sites (tertiary alicyclic amines) is 1. The fourth-order valence-corrected chi connectivity index (χ4v) is 4.48. The van der Waals surface area contributed by atoms with Gasteiger partial charge >= 0.3 is 7.82 Å². The zero-order chi connectivity index (χ0) is 22.0. The minimum absolute atomic E-state index is 0.0396. The Morgan fingerprint density at radius 2 is 1.27 bits per heavy atom. The molecule has 0 aromatic rings. The predicted octanol–water partition coefficient (Wildman–Crippen LogP) is 4.92. The highest BCUT2D eigenvalue weighted by Crippen LogP contribution is 2.42. The van der Waals surface area contributed by atoms with Gasteiger partial charge < -0.3 is 18.9 Å². The lowest BCUT2D eigenvalue weighted by molar-refractivity contribution is -0.914. The van der Waals surface area contributed by atoms with Gasteiger partial charge in [-0.3, -0.25) is 9.05 Å². The van der Waals surface area contributed by atoms with Crippen molar-refractivity contribution in [2.24, 2.45) is 0 Å². The Kier molecular flexibility index (Phi) is 16.4. The number of rotatable bonds is 20. The molecule has 1 fully saturated rings. The summed E-state index contributed by atoms with van der Waals surface area (Å²) in [6.45, 7) is 7.49. The first kappa shape index (κ1) is 28.0. The number of unbranched alkanes of at least 4 members (excludes halogenated alkanes) is 7. The monoisotopic (exact) mass is 452 g/mol. The van der Waals surface area contributed by atoms with Gasteiger partial charge in [0.15, 0.2) is 0 Å². The summed E-state index contributed by atoms with van der Waals surface area (Å²) >= 11 is 0. The third-order valence-electron chi connectivity index (χ3n) is 5.78. The lowest BCUT2D eigenvalue weighted by Gasteiger charge is -2.37. The molecule has 1 aliphatic heterocycles. The molecule has 0 aromatic carbocycles. The molecule has 8 heteroatoms. The van der Waals surface area contributed by atoms with E-state index in [0.29, 0.717) is 13.2 Å². The average molecular weight is 453 g/mol. The van der Waals surface area contributed by atoms with Crippen molar-refractivity contribution in [3.63, 3.8) is 0 Å². The molecule has 0 amide bonds. The minimum Gasteiger partial charge on any atom is -0.379 e. The average Bonchev–Trinajstić information content (AvgIpc) is 2.71. The van der Waals surface area contributed by atoms with Crippen LogP contribution < -0.4 is 0 Å². The first-order valence-electron chi connectivity index (χ1n) is 12.1. The molecule has 1 heterocycles. The number of piperidine rings is 1. The molecule has 0 bridgehead atoms. The van der Waals surface area contributed by atoms with E-state index in [1.54, 1.807) is 0 Å². The molecule has 0 radical (unpaired) electrons. The molecule has 0 spiro atoms. The maximum Gasteiger partial charge on any atom is 0.472 e. The number of hydrogen-bond acceptors (Lipinski definition) is 5. The lowest BCUT2D eigenvalue weighted by atomic mass is 10.1. The molecular weight excluding hydrogens is 405 g/mol. The van der Waals surface area contributed by atoms with Crippen LogP contribution in [0.3, 0.4) is 0 Å². The maximum atomic E-state index is 11.9. The van der Waals surface area contributed by atoms with Crippen molar-refractivity contribution in [3.05, 3.63) is 0 Å². The van der Waals surface area contributed by atoms with Crippen LogP contribution in [0.2, 0.25) is 0 Å². The Morgan fingerprint density at radius 1 is 0.733 bits per heavy atom. The Hall–Kier alpha value is -0.0100. The summed E-state index contributed by atoms with van der Waals surface area (Å²) in [6, 6.07) is 0. The molecule has 1 aliphatic rings. The SMILES string of the molecule is CCCCCCCCCCOCCOCCOP(=O)(O)OCC[N+]1(C)CCCCC1. The normalized spacial score (nSPS) is 18.4. The van der Waals surface area contributed by atoms with E-state index in [1.807, 2.05) is 0 Å². The Balaban J connectivity index is 1.85. The fourth-order valence-electron chi connectivity index (χ4n) is 3.78. The van der Waals surface area contributed by atoms with Gasteiger partial charge in [0, 0.05) is 6.61 Å². The second-order valence-corrected chi connectivity index (χ2v) is 10.1. The summed E-state index contributed by atoms with van der Waals surface area (Å²) in [7, 11) is -1.82. The summed E-state index contributed by atoms with van der Waals surface area (Å²) in [4.78, 5) is 9.76. The van der Waals surface area contributed by atoms with Crippen LogP contribution in [0.4, 0.5) is 0 Å². The third kappa shape index (κ3) is 15.7. The van der Waals surface area contributed by atoms with E-state index >= 15 is 0 Å². The smallest absolute Gasteiger partial charge is 0.379 e. The molecule has 1 N–H and O–H groups in total. The first-order chi connectivity index (χ1) is 14.5. The molecule has 1 rings (SSSR count). The zero-order valence-corrected chi connectivity index (χ0v) is 20.4. The summed E-state index contributed by atoms with van der Waals surface area (Å²) in [5.74, 6) is 0. The van der Waals surface area contributed by atoms with Gasteiger partial charge in [0.25, 0.3) is 0 Å². The van der Waals surface area contributed by atoms with Gasteiger partial charge in [-0.15, -0.1) is 0 Å². The van der Waals surface area contributed by atoms with Crippen LogP contribution in [0.1, 0.15) is 77.6 Å². The number of nitrogens with zero attached hydrogens (tertiary/aromatic N) is 1. The summed E-state index contributed by atoms with van der Waals surface area (Å²) in [6.07, 6.45) is 14.0. The number of quaternary nitrogens is 1. The van der Waals surface area contributed by atoms with E-state index in [1.165, 1.54) is 64.2 Å². The van der Waals surface area contributed by atoms with Crippen LogP contribution in [0.25, 0.3) is 0 Å². The van der Waals surface area contributed by atoms with Crippen LogP contribution in [0.5, 0.6) is 0 Å². The predicted molar refractivity (Wildman–Crippen MR) is 121 cm³/mol. The van der Waals surface area contributed by atoms with Crippen molar-refractivity contribution in [1.29, 1.82) is 0 Å². The van der Waals surface area contributed by atoms with E-state index in [-0.39, 0.29) is 19.8 Å². The molecule has 0 aromatic heterocycles. The van der Waals surface area contributed by atoms with E-state index in [9.17, 15) is 9.46 Å². The molecule has 0 aliphatic carbocycles. The molecule has 7 nitrogen and oxygen atoms in total. The van der Waals surface area contributed by atoms with Crippen molar-refractivity contribution in [3.8, 4) is 0 Å². The standard InChI is InChI=1S/C22H46NO6P/c1-3-4-5-6-7-8-9-13-17-26-19-20-27-21-22-29-30(24,25)28-18-16-23(2)14-11-10-12-15-23/h3-22H2,1-2H3/p+1. The zero-order valence-electron chi connectivity index (χ0n) is 19.5. The molecule has 1 saturated heterocycles. The molecule has 180 valence electrons. The van der Waals surface area contributed by atoms with Crippen LogP contribution in [-0.2, 0) is 23.1 Å². The van der Waals surface area contributed by atoms with Crippen molar-refractivity contribution >= 4 is 7.82 Å². The van der Waals surface area contributed by atoms with Gasteiger partial charge in [0.2, 0.25) is 0 Å². The van der Waals surface area contributed by atoms with E-state index in [0.717, 1.165) is 37.1 Å². The topological polar surface area (TPSA) is 74.2 Å². The van der Waals surface area contributed by atoms with Gasteiger partial charge in [0.1, 0.15) is 13.2 Å². The van der Waals surface area contributed by atoms with Crippen molar-refractivity contribution in [2.75, 3.05) is 66.3 Å². The third-order valence-corrected chi connectivity index (χ3v) is 6.80. The molecule has 1 unspecified atom stereocenters. The second kappa shape index (κ2) is 17.5. The van der Waals surface area contributed by atoms with Gasteiger partial charge in [-0.25, -0.2) is 4.57 Å². The van der Waals surface area contributed by atoms with E-state index in [4.69, 9.17) is 18.5 Å². The number of phosphoric acid groups is 1. The molecule has 30 heavy (non-hydrogen) atoms. The van der Waals surface area contributed by atoms with Gasteiger partial charge in [0.05, 0.1) is 46.6 Å². The number of likely N-dealkylation sites (N-methyl/N-ethyl adjacent to an activating group) is 1. The molecule has 0 saturated carbocycles. The lowest BCUT2D eigenvalue weighted by Crippen LogP contribution is -2.49. The van der Waals surface area contributed by atoms with Crippen molar-refractivity contribution in [1.82, 2.24) is 0 Å². The molecule has 1 atom stereocenters.